The van der Waals surface area contributed by atoms with Gasteiger partial charge in [-0.05, 0) is 38.6 Å². The van der Waals surface area contributed by atoms with Gasteiger partial charge in [0, 0.05) is 19.3 Å². The molecule has 0 radical (unpaired) electrons. The minimum Gasteiger partial charge on any atom is -0.381 e. The summed E-state index contributed by atoms with van der Waals surface area (Å²) in [6.07, 6.45) is 9.35. The van der Waals surface area contributed by atoms with Gasteiger partial charge in [0.05, 0.1) is 0 Å². The number of nitrogens with one attached hydrogen (secondary N) is 1. The Labute approximate surface area is 101 Å². The van der Waals surface area contributed by atoms with E-state index in [2.05, 4.69) is 19.2 Å². The van der Waals surface area contributed by atoms with E-state index in [1.165, 1.54) is 38.5 Å². The Morgan fingerprint density at radius 2 is 2.00 bits per heavy atom. The normalized spacial score (nSPS) is 18.4. The van der Waals surface area contributed by atoms with Gasteiger partial charge in [0.25, 0.3) is 0 Å². The standard InChI is InChI=1S/C14H29NO/c1-3-4-10-16-11-6-9-15-13(2)12-14-7-5-8-14/h13-15H,3-12H2,1-2H3. The molecule has 0 aromatic carbocycles. The van der Waals surface area contributed by atoms with E-state index in [4.69, 9.17) is 4.74 Å². The molecule has 0 spiro atoms. The smallest absolute Gasteiger partial charge is 0.0478 e. The quantitative estimate of drug-likeness (QED) is 0.578. The first kappa shape index (κ1) is 14.0. The first-order valence-corrected chi connectivity index (χ1v) is 7.14. The summed E-state index contributed by atoms with van der Waals surface area (Å²) in [6, 6.07) is 0.695. The van der Waals surface area contributed by atoms with Crippen LogP contribution in [0, 0.1) is 5.92 Å². The van der Waals surface area contributed by atoms with Gasteiger partial charge in [-0.25, -0.2) is 0 Å². The van der Waals surface area contributed by atoms with E-state index in [0.29, 0.717) is 6.04 Å². The second-order valence-electron chi connectivity index (χ2n) is 5.21. The Bertz CT molecular complexity index is 157. The number of ether oxygens (including phenoxy) is 1. The van der Waals surface area contributed by atoms with Crippen LogP contribution in [0.3, 0.4) is 0 Å². The summed E-state index contributed by atoms with van der Waals surface area (Å²) in [5, 5.41) is 3.59. The van der Waals surface area contributed by atoms with Crippen LogP contribution < -0.4 is 5.32 Å². The van der Waals surface area contributed by atoms with Crippen molar-refractivity contribution in [3.05, 3.63) is 0 Å². The molecule has 1 unspecified atom stereocenters. The maximum Gasteiger partial charge on any atom is 0.0478 e. The molecule has 1 fully saturated rings. The fourth-order valence-electron chi connectivity index (χ4n) is 2.18. The molecule has 1 aliphatic carbocycles. The summed E-state index contributed by atoms with van der Waals surface area (Å²) >= 11 is 0. The number of rotatable bonds is 10. The molecular formula is C14H29NO. The van der Waals surface area contributed by atoms with E-state index in [0.717, 1.165) is 32.1 Å². The van der Waals surface area contributed by atoms with Crippen molar-refractivity contribution in [2.75, 3.05) is 19.8 Å². The van der Waals surface area contributed by atoms with Gasteiger partial charge >= 0.3 is 0 Å². The van der Waals surface area contributed by atoms with Crippen molar-refractivity contribution in [1.29, 1.82) is 0 Å². The molecule has 96 valence electrons. The molecule has 2 heteroatoms. The third-order valence-corrected chi connectivity index (χ3v) is 3.51. The van der Waals surface area contributed by atoms with E-state index in [1.807, 2.05) is 0 Å². The number of hydrogen-bond donors (Lipinski definition) is 1. The summed E-state index contributed by atoms with van der Waals surface area (Å²) in [5.74, 6) is 1.02. The summed E-state index contributed by atoms with van der Waals surface area (Å²) in [7, 11) is 0. The topological polar surface area (TPSA) is 21.3 Å². The van der Waals surface area contributed by atoms with Crippen molar-refractivity contribution < 1.29 is 4.74 Å². The predicted molar refractivity (Wildman–Crippen MR) is 69.8 cm³/mol. The molecule has 1 saturated carbocycles. The van der Waals surface area contributed by atoms with E-state index in [1.54, 1.807) is 0 Å². The second-order valence-corrected chi connectivity index (χ2v) is 5.21. The molecule has 0 aliphatic heterocycles. The summed E-state index contributed by atoms with van der Waals surface area (Å²) in [6.45, 7) is 7.49. The maximum absolute atomic E-state index is 5.53. The molecule has 1 N–H and O–H groups in total. The van der Waals surface area contributed by atoms with Crippen LogP contribution in [0.1, 0.15) is 58.8 Å². The van der Waals surface area contributed by atoms with Crippen LogP contribution in [0.15, 0.2) is 0 Å². The van der Waals surface area contributed by atoms with Gasteiger partial charge in [0.15, 0.2) is 0 Å². The van der Waals surface area contributed by atoms with E-state index in [-0.39, 0.29) is 0 Å². The van der Waals surface area contributed by atoms with Gasteiger partial charge < -0.3 is 10.1 Å². The lowest BCUT2D eigenvalue weighted by Gasteiger charge is -2.28. The lowest BCUT2D eigenvalue weighted by molar-refractivity contribution is 0.128. The van der Waals surface area contributed by atoms with Gasteiger partial charge in [0.1, 0.15) is 0 Å². The van der Waals surface area contributed by atoms with Crippen LogP contribution in [0.5, 0.6) is 0 Å². The molecule has 0 heterocycles. The molecule has 1 rings (SSSR count). The summed E-state index contributed by atoms with van der Waals surface area (Å²) in [5.41, 5.74) is 0. The Balaban J connectivity index is 1.78. The molecule has 1 aliphatic rings. The Hall–Kier alpha value is -0.0800. The summed E-state index contributed by atoms with van der Waals surface area (Å²) in [4.78, 5) is 0. The predicted octanol–water partition coefficient (Wildman–Crippen LogP) is 3.36. The molecule has 2 nitrogen and oxygen atoms in total. The van der Waals surface area contributed by atoms with Crippen LogP contribution in [0.25, 0.3) is 0 Å². The summed E-state index contributed by atoms with van der Waals surface area (Å²) < 4.78 is 5.53. The number of unbranched alkanes of at least 4 members (excludes halogenated alkanes) is 1. The van der Waals surface area contributed by atoms with Crippen molar-refractivity contribution >= 4 is 0 Å². The van der Waals surface area contributed by atoms with Crippen LogP contribution in [0.2, 0.25) is 0 Å². The lowest BCUT2D eigenvalue weighted by Crippen LogP contribution is -2.31. The first-order chi connectivity index (χ1) is 7.83. The average molecular weight is 227 g/mol. The van der Waals surface area contributed by atoms with E-state index < -0.39 is 0 Å². The van der Waals surface area contributed by atoms with Crippen molar-refractivity contribution in [3.63, 3.8) is 0 Å². The Kier molecular flexibility index (Phi) is 7.87. The Morgan fingerprint density at radius 1 is 1.25 bits per heavy atom. The molecule has 0 aromatic rings. The molecule has 0 amide bonds. The van der Waals surface area contributed by atoms with Crippen molar-refractivity contribution in [3.8, 4) is 0 Å². The molecule has 16 heavy (non-hydrogen) atoms. The van der Waals surface area contributed by atoms with Crippen LogP contribution in [0.4, 0.5) is 0 Å². The minimum atomic E-state index is 0.695. The first-order valence-electron chi connectivity index (χ1n) is 7.14. The van der Waals surface area contributed by atoms with Crippen LogP contribution >= 0.6 is 0 Å². The van der Waals surface area contributed by atoms with Gasteiger partial charge in [-0.1, -0.05) is 32.6 Å². The third-order valence-electron chi connectivity index (χ3n) is 3.51. The van der Waals surface area contributed by atoms with Gasteiger partial charge in [-0.15, -0.1) is 0 Å². The fourth-order valence-corrected chi connectivity index (χ4v) is 2.18. The van der Waals surface area contributed by atoms with Crippen LogP contribution in [-0.4, -0.2) is 25.8 Å². The molecule has 0 aromatic heterocycles. The van der Waals surface area contributed by atoms with Crippen LogP contribution in [-0.2, 0) is 4.74 Å². The zero-order chi connectivity index (χ0) is 11.6. The van der Waals surface area contributed by atoms with Gasteiger partial charge in [-0.2, -0.15) is 0 Å². The zero-order valence-electron chi connectivity index (χ0n) is 11.1. The molecular weight excluding hydrogens is 198 g/mol. The second kappa shape index (κ2) is 9.00. The van der Waals surface area contributed by atoms with E-state index in [9.17, 15) is 0 Å². The van der Waals surface area contributed by atoms with Crippen molar-refractivity contribution in [1.82, 2.24) is 5.32 Å². The zero-order valence-corrected chi connectivity index (χ0v) is 11.1. The van der Waals surface area contributed by atoms with E-state index >= 15 is 0 Å². The average Bonchev–Trinajstić information content (AvgIpc) is 2.22. The molecule has 0 saturated heterocycles. The van der Waals surface area contributed by atoms with Crippen molar-refractivity contribution in [2.45, 2.75) is 64.8 Å². The third kappa shape index (κ3) is 6.49. The lowest BCUT2D eigenvalue weighted by atomic mass is 9.81. The maximum atomic E-state index is 5.53. The SMILES string of the molecule is CCCCOCCCNC(C)CC1CCC1. The largest absolute Gasteiger partial charge is 0.381 e. The Morgan fingerprint density at radius 3 is 2.62 bits per heavy atom. The molecule has 0 bridgehead atoms. The molecule has 1 atom stereocenters. The highest BCUT2D eigenvalue weighted by Crippen LogP contribution is 2.30. The fraction of sp³-hybridized carbons (Fsp3) is 1.00. The number of hydrogen-bond acceptors (Lipinski definition) is 2. The minimum absolute atomic E-state index is 0.695. The van der Waals surface area contributed by atoms with Gasteiger partial charge in [0.2, 0.25) is 0 Å². The highest BCUT2D eigenvalue weighted by molar-refractivity contribution is 4.74. The van der Waals surface area contributed by atoms with Crippen molar-refractivity contribution in [2.24, 2.45) is 5.92 Å². The van der Waals surface area contributed by atoms with Gasteiger partial charge in [-0.3, -0.25) is 0 Å². The monoisotopic (exact) mass is 227 g/mol. The highest BCUT2D eigenvalue weighted by atomic mass is 16.5. The highest BCUT2D eigenvalue weighted by Gasteiger charge is 2.19.